The van der Waals surface area contributed by atoms with E-state index in [1.54, 1.807) is 17.8 Å². The molecule has 0 radical (unpaired) electrons. The van der Waals surface area contributed by atoms with Crippen LogP contribution in [0.5, 0.6) is 0 Å². The molecule has 0 bridgehead atoms. The maximum atomic E-state index is 11.0. The number of rotatable bonds is 4. The molecule has 0 aliphatic carbocycles. The van der Waals surface area contributed by atoms with Crippen LogP contribution in [0, 0.1) is 0 Å². The number of carboxylic acids is 1. The van der Waals surface area contributed by atoms with Gasteiger partial charge in [0.2, 0.25) is 5.76 Å². The van der Waals surface area contributed by atoms with Crippen molar-refractivity contribution in [1.29, 1.82) is 0 Å². The molecule has 2 aromatic carbocycles. The normalized spacial score (nSPS) is 10.8. The minimum atomic E-state index is -1.02. The van der Waals surface area contributed by atoms with Crippen molar-refractivity contribution >= 4 is 28.5 Å². The number of thioether (sulfide) groups is 1. The second-order valence-electron chi connectivity index (χ2n) is 4.38. The monoisotopic (exact) mass is 284 g/mol. The lowest BCUT2D eigenvalue weighted by atomic mass is 10.1. The lowest BCUT2D eigenvalue weighted by molar-refractivity contribution is 0.0661. The number of benzene rings is 2. The van der Waals surface area contributed by atoms with Gasteiger partial charge in [-0.05, 0) is 29.0 Å². The van der Waals surface area contributed by atoms with E-state index in [2.05, 4.69) is 24.3 Å². The fraction of sp³-hybridized carbons (Fsp3) is 0.0625. The Morgan fingerprint density at radius 2 is 1.90 bits per heavy atom. The molecule has 1 aromatic heterocycles. The summed E-state index contributed by atoms with van der Waals surface area (Å²) in [5.74, 6) is -0.418. The molecule has 0 aliphatic heterocycles. The van der Waals surface area contributed by atoms with Gasteiger partial charge in [0.15, 0.2) is 0 Å². The van der Waals surface area contributed by atoms with E-state index in [0.29, 0.717) is 11.3 Å². The highest BCUT2D eigenvalue weighted by Crippen LogP contribution is 2.28. The molecular weight excluding hydrogens is 272 g/mol. The summed E-state index contributed by atoms with van der Waals surface area (Å²) in [5.41, 5.74) is 0.704. The number of carbonyl (C=O) groups is 1. The summed E-state index contributed by atoms with van der Waals surface area (Å²) in [5, 5.41) is 11.4. The number of furan rings is 1. The number of carboxylic acid groups (broad SMARTS) is 1. The van der Waals surface area contributed by atoms with E-state index in [-0.39, 0.29) is 5.76 Å². The van der Waals surface area contributed by atoms with Crippen molar-refractivity contribution in [3.8, 4) is 0 Å². The van der Waals surface area contributed by atoms with E-state index in [4.69, 9.17) is 9.52 Å². The first-order valence-electron chi connectivity index (χ1n) is 6.15. The van der Waals surface area contributed by atoms with Gasteiger partial charge in [0.1, 0.15) is 0 Å². The molecule has 0 atom stereocenters. The van der Waals surface area contributed by atoms with Crippen molar-refractivity contribution in [2.24, 2.45) is 0 Å². The zero-order valence-electron chi connectivity index (χ0n) is 10.6. The first-order valence-corrected chi connectivity index (χ1v) is 7.14. The predicted molar refractivity (Wildman–Crippen MR) is 79.2 cm³/mol. The Morgan fingerprint density at radius 1 is 1.10 bits per heavy atom. The van der Waals surface area contributed by atoms with Crippen molar-refractivity contribution < 1.29 is 14.3 Å². The molecule has 1 N–H and O–H groups in total. The van der Waals surface area contributed by atoms with Gasteiger partial charge in [0.25, 0.3) is 0 Å². The summed E-state index contributed by atoms with van der Waals surface area (Å²) in [6.07, 6.45) is 1.42. The summed E-state index contributed by atoms with van der Waals surface area (Å²) in [6.45, 7) is 0. The van der Waals surface area contributed by atoms with Gasteiger partial charge in [-0.2, -0.15) is 0 Å². The fourth-order valence-corrected chi connectivity index (χ4v) is 2.98. The minimum Gasteiger partial charge on any atom is -0.475 e. The van der Waals surface area contributed by atoms with Crippen LogP contribution in [0.1, 0.15) is 16.1 Å². The molecule has 0 unspecified atom stereocenters. The molecule has 4 heteroatoms. The second-order valence-corrected chi connectivity index (χ2v) is 5.43. The van der Waals surface area contributed by atoms with E-state index in [9.17, 15) is 4.79 Å². The van der Waals surface area contributed by atoms with Crippen LogP contribution in [0.15, 0.2) is 64.1 Å². The summed E-state index contributed by atoms with van der Waals surface area (Å²) in [6, 6.07) is 16.1. The maximum Gasteiger partial charge on any atom is 0.372 e. The Kier molecular flexibility index (Phi) is 3.48. The summed E-state index contributed by atoms with van der Waals surface area (Å²) in [4.78, 5) is 12.1. The molecule has 0 amide bonds. The van der Waals surface area contributed by atoms with Gasteiger partial charge in [-0.1, -0.05) is 30.3 Å². The SMILES string of the molecule is O=C(O)c1occc1CSc1ccc2ccccc2c1. The first kappa shape index (κ1) is 12.8. The van der Waals surface area contributed by atoms with Crippen LogP contribution in [0.4, 0.5) is 0 Å². The number of fused-ring (bicyclic) bond motifs is 1. The van der Waals surface area contributed by atoms with E-state index in [1.807, 2.05) is 18.2 Å². The Labute approximate surface area is 120 Å². The molecule has 3 nitrogen and oxygen atoms in total. The lowest BCUT2D eigenvalue weighted by Gasteiger charge is -2.03. The standard InChI is InChI=1S/C16H12O3S/c17-16(18)15-13(7-8-19-15)10-20-14-6-5-11-3-1-2-4-12(11)9-14/h1-9H,10H2,(H,17,18). The van der Waals surface area contributed by atoms with Gasteiger partial charge in [-0.25, -0.2) is 4.79 Å². The highest BCUT2D eigenvalue weighted by Gasteiger charge is 2.13. The van der Waals surface area contributed by atoms with Crippen LogP contribution in [0.3, 0.4) is 0 Å². The number of aromatic carboxylic acids is 1. The summed E-state index contributed by atoms with van der Waals surface area (Å²) < 4.78 is 4.97. The largest absolute Gasteiger partial charge is 0.475 e. The van der Waals surface area contributed by atoms with Crippen LogP contribution in [-0.2, 0) is 5.75 Å². The van der Waals surface area contributed by atoms with E-state index < -0.39 is 5.97 Å². The second kappa shape index (κ2) is 5.43. The lowest BCUT2D eigenvalue weighted by Crippen LogP contribution is -1.97. The van der Waals surface area contributed by atoms with Crippen molar-refractivity contribution in [1.82, 2.24) is 0 Å². The van der Waals surface area contributed by atoms with Gasteiger partial charge >= 0.3 is 5.97 Å². The third-order valence-corrected chi connectivity index (χ3v) is 4.10. The van der Waals surface area contributed by atoms with Gasteiger partial charge in [-0.3, -0.25) is 0 Å². The van der Waals surface area contributed by atoms with Crippen LogP contribution < -0.4 is 0 Å². The van der Waals surface area contributed by atoms with Gasteiger partial charge < -0.3 is 9.52 Å². The highest BCUT2D eigenvalue weighted by atomic mass is 32.2. The molecular formula is C16H12O3S. The van der Waals surface area contributed by atoms with Gasteiger partial charge in [-0.15, -0.1) is 11.8 Å². The van der Waals surface area contributed by atoms with Crippen molar-refractivity contribution in [2.75, 3.05) is 0 Å². The topological polar surface area (TPSA) is 50.4 Å². The fourth-order valence-electron chi connectivity index (χ4n) is 2.06. The molecule has 20 heavy (non-hydrogen) atoms. The maximum absolute atomic E-state index is 11.0. The highest BCUT2D eigenvalue weighted by molar-refractivity contribution is 7.98. The van der Waals surface area contributed by atoms with Gasteiger partial charge in [0.05, 0.1) is 6.26 Å². The van der Waals surface area contributed by atoms with Crippen molar-refractivity contribution in [2.45, 2.75) is 10.6 Å². The Morgan fingerprint density at radius 3 is 2.70 bits per heavy atom. The molecule has 0 aliphatic rings. The van der Waals surface area contributed by atoms with Crippen molar-refractivity contribution in [3.05, 3.63) is 66.1 Å². The van der Waals surface area contributed by atoms with Crippen molar-refractivity contribution in [3.63, 3.8) is 0 Å². The van der Waals surface area contributed by atoms with E-state index in [0.717, 1.165) is 4.90 Å². The minimum absolute atomic E-state index is 0.0262. The molecule has 0 fully saturated rings. The molecule has 3 aromatic rings. The number of hydrogen-bond donors (Lipinski definition) is 1. The van der Waals surface area contributed by atoms with Crippen LogP contribution in [0.2, 0.25) is 0 Å². The first-order chi connectivity index (χ1) is 9.74. The Balaban J connectivity index is 1.79. The Hall–Kier alpha value is -2.20. The summed E-state index contributed by atoms with van der Waals surface area (Å²) >= 11 is 1.60. The molecule has 0 saturated heterocycles. The third-order valence-electron chi connectivity index (χ3n) is 3.06. The summed E-state index contributed by atoms with van der Waals surface area (Å²) in [7, 11) is 0. The molecule has 0 saturated carbocycles. The van der Waals surface area contributed by atoms with E-state index >= 15 is 0 Å². The van der Waals surface area contributed by atoms with Crippen LogP contribution in [-0.4, -0.2) is 11.1 Å². The smallest absolute Gasteiger partial charge is 0.372 e. The molecule has 3 rings (SSSR count). The predicted octanol–water partition coefficient (Wildman–Crippen LogP) is 4.42. The van der Waals surface area contributed by atoms with Crippen LogP contribution in [0.25, 0.3) is 10.8 Å². The third kappa shape index (κ3) is 2.56. The van der Waals surface area contributed by atoms with Crippen LogP contribution >= 0.6 is 11.8 Å². The van der Waals surface area contributed by atoms with E-state index in [1.165, 1.54) is 17.0 Å². The molecule has 1 heterocycles. The molecule has 0 spiro atoms. The molecule has 100 valence electrons. The average molecular weight is 284 g/mol. The zero-order valence-corrected chi connectivity index (χ0v) is 11.4. The number of hydrogen-bond acceptors (Lipinski definition) is 3. The van der Waals surface area contributed by atoms with Gasteiger partial charge in [0, 0.05) is 16.2 Å². The quantitative estimate of drug-likeness (QED) is 0.720. The Bertz CT molecular complexity index is 761. The zero-order chi connectivity index (χ0) is 13.9. The average Bonchev–Trinajstić information content (AvgIpc) is 2.93.